The van der Waals surface area contributed by atoms with Crippen LogP contribution < -0.4 is 5.73 Å². The number of rotatable bonds is 9. The Labute approximate surface area is 97.2 Å². The Morgan fingerprint density at radius 2 is 2.25 bits per heavy atom. The summed E-state index contributed by atoms with van der Waals surface area (Å²) in [5.74, 6) is 0. The summed E-state index contributed by atoms with van der Waals surface area (Å²) >= 11 is 0. The van der Waals surface area contributed by atoms with Crippen LogP contribution in [0.15, 0.2) is 18.5 Å². The van der Waals surface area contributed by atoms with E-state index in [4.69, 9.17) is 10.5 Å². The van der Waals surface area contributed by atoms with E-state index in [0.29, 0.717) is 0 Å². The minimum atomic E-state index is 0.741. The quantitative estimate of drug-likeness (QED) is 0.652. The van der Waals surface area contributed by atoms with E-state index < -0.39 is 0 Å². The van der Waals surface area contributed by atoms with Crippen LogP contribution in [0.5, 0.6) is 0 Å². The van der Waals surface area contributed by atoms with Gasteiger partial charge in [-0.25, -0.2) is 0 Å². The van der Waals surface area contributed by atoms with Crippen molar-refractivity contribution in [2.75, 3.05) is 39.9 Å². The van der Waals surface area contributed by atoms with E-state index in [9.17, 15) is 0 Å². The van der Waals surface area contributed by atoms with Crippen LogP contribution in [0.3, 0.4) is 0 Å². The molecule has 0 amide bonds. The topological polar surface area (TPSA) is 56.3 Å². The van der Waals surface area contributed by atoms with Gasteiger partial charge in [0.05, 0.1) is 13.2 Å². The fourth-order valence-corrected chi connectivity index (χ4v) is 1.55. The van der Waals surface area contributed by atoms with Crippen molar-refractivity contribution in [3.8, 4) is 0 Å². The molecular formula is C11H22N4O. The highest BCUT2D eigenvalue weighted by Gasteiger charge is 2.04. The summed E-state index contributed by atoms with van der Waals surface area (Å²) in [5.41, 5.74) is 5.52. The van der Waals surface area contributed by atoms with Crippen LogP contribution in [0.4, 0.5) is 0 Å². The van der Waals surface area contributed by atoms with Crippen molar-refractivity contribution in [3.63, 3.8) is 0 Å². The van der Waals surface area contributed by atoms with Crippen molar-refractivity contribution in [1.29, 1.82) is 0 Å². The van der Waals surface area contributed by atoms with Crippen LogP contribution in [0.1, 0.15) is 6.42 Å². The van der Waals surface area contributed by atoms with Crippen LogP contribution in [-0.2, 0) is 11.3 Å². The van der Waals surface area contributed by atoms with Crippen LogP contribution in [0.2, 0.25) is 0 Å². The maximum Gasteiger partial charge on any atom is 0.0589 e. The lowest BCUT2D eigenvalue weighted by Crippen LogP contribution is -2.32. The second kappa shape index (κ2) is 8.27. The lowest BCUT2D eigenvalue weighted by Gasteiger charge is -2.21. The van der Waals surface area contributed by atoms with Gasteiger partial charge in [0.25, 0.3) is 0 Å². The summed E-state index contributed by atoms with van der Waals surface area (Å²) in [6.07, 6.45) is 4.82. The van der Waals surface area contributed by atoms with Crippen molar-refractivity contribution < 1.29 is 4.74 Å². The number of methoxy groups -OCH3 is 1. The third kappa shape index (κ3) is 5.25. The molecule has 1 heterocycles. The van der Waals surface area contributed by atoms with E-state index in [0.717, 1.165) is 45.8 Å². The summed E-state index contributed by atoms with van der Waals surface area (Å²) in [6.45, 7) is 5.40. The molecule has 0 spiro atoms. The first-order valence-electron chi connectivity index (χ1n) is 5.75. The predicted octanol–water partition coefficient (Wildman–Crippen LogP) is 0.180. The summed E-state index contributed by atoms with van der Waals surface area (Å²) < 4.78 is 7.04. The Hall–Kier alpha value is -0.910. The number of nitrogens with zero attached hydrogens (tertiary/aromatic N) is 3. The van der Waals surface area contributed by atoms with Gasteiger partial charge >= 0.3 is 0 Å². The molecule has 0 fully saturated rings. The predicted molar refractivity (Wildman–Crippen MR) is 64.2 cm³/mol. The number of hydrogen-bond donors (Lipinski definition) is 1. The molecule has 0 unspecified atom stereocenters. The maximum absolute atomic E-state index is 5.52. The summed E-state index contributed by atoms with van der Waals surface area (Å²) in [4.78, 5) is 2.36. The Balaban J connectivity index is 2.25. The smallest absolute Gasteiger partial charge is 0.0589 e. The largest absolute Gasteiger partial charge is 0.383 e. The zero-order valence-corrected chi connectivity index (χ0v) is 10.0. The molecule has 0 aromatic carbocycles. The first-order valence-corrected chi connectivity index (χ1v) is 5.75. The number of nitrogens with two attached hydrogens (primary N) is 1. The van der Waals surface area contributed by atoms with E-state index in [-0.39, 0.29) is 0 Å². The monoisotopic (exact) mass is 226 g/mol. The van der Waals surface area contributed by atoms with Crippen molar-refractivity contribution in [2.45, 2.75) is 13.0 Å². The van der Waals surface area contributed by atoms with Gasteiger partial charge < -0.3 is 10.5 Å². The van der Waals surface area contributed by atoms with Gasteiger partial charge in [0.15, 0.2) is 0 Å². The fourth-order valence-electron chi connectivity index (χ4n) is 1.55. The SMILES string of the molecule is COCCN(CCCN)CCn1cccn1. The molecule has 1 rings (SSSR count). The van der Waals surface area contributed by atoms with Crippen LogP contribution >= 0.6 is 0 Å². The molecule has 16 heavy (non-hydrogen) atoms. The van der Waals surface area contributed by atoms with Gasteiger partial charge in [-0.1, -0.05) is 0 Å². The maximum atomic E-state index is 5.52. The number of ether oxygens (including phenoxy) is 1. The lowest BCUT2D eigenvalue weighted by atomic mass is 10.3. The highest BCUT2D eigenvalue weighted by molar-refractivity contribution is 4.77. The van der Waals surface area contributed by atoms with Crippen molar-refractivity contribution in [2.24, 2.45) is 5.73 Å². The first kappa shape index (κ1) is 13.2. The van der Waals surface area contributed by atoms with Gasteiger partial charge in [0, 0.05) is 32.6 Å². The van der Waals surface area contributed by atoms with Gasteiger partial charge in [-0.05, 0) is 25.6 Å². The minimum Gasteiger partial charge on any atom is -0.383 e. The highest BCUT2D eigenvalue weighted by atomic mass is 16.5. The Morgan fingerprint density at radius 1 is 1.38 bits per heavy atom. The lowest BCUT2D eigenvalue weighted by molar-refractivity contribution is 0.144. The van der Waals surface area contributed by atoms with Crippen molar-refractivity contribution >= 4 is 0 Å². The molecule has 0 bridgehead atoms. The standard InChI is InChI=1S/C11H22N4O/c1-16-11-10-14(6-2-4-12)8-9-15-7-3-5-13-15/h3,5,7H,2,4,6,8-12H2,1H3. The molecule has 0 aliphatic rings. The van der Waals surface area contributed by atoms with E-state index in [1.54, 1.807) is 13.3 Å². The van der Waals surface area contributed by atoms with Crippen molar-refractivity contribution in [1.82, 2.24) is 14.7 Å². The third-order valence-corrected chi connectivity index (χ3v) is 2.49. The van der Waals surface area contributed by atoms with Crippen LogP contribution in [0, 0.1) is 0 Å². The molecule has 0 aliphatic carbocycles. The molecule has 2 N–H and O–H groups in total. The van der Waals surface area contributed by atoms with Crippen molar-refractivity contribution in [3.05, 3.63) is 18.5 Å². The molecule has 0 aliphatic heterocycles. The van der Waals surface area contributed by atoms with E-state index in [1.807, 2.05) is 16.9 Å². The summed E-state index contributed by atoms with van der Waals surface area (Å²) in [5, 5.41) is 4.18. The third-order valence-electron chi connectivity index (χ3n) is 2.49. The Bertz CT molecular complexity index is 242. The molecule has 0 atom stereocenters. The average Bonchev–Trinajstić information content (AvgIpc) is 2.81. The molecule has 5 heteroatoms. The van der Waals surface area contributed by atoms with Gasteiger partial charge in [-0.2, -0.15) is 5.10 Å². The highest BCUT2D eigenvalue weighted by Crippen LogP contribution is 1.94. The summed E-state index contributed by atoms with van der Waals surface area (Å²) in [7, 11) is 1.73. The molecule has 5 nitrogen and oxygen atoms in total. The van der Waals surface area contributed by atoms with Crippen LogP contribution in [0.25, 0.3) is 0 Å². The molecule has 92 valence electrons. The average molecular weight is 226 g/mol. The summed E-state index contributed by atoms with van der Waals surface area (Å²) in [6, 6.07) is 1.94. The molecule has 0 saturated heterocycles. The van der Waals surface area contributed by atoms with E-state index >= 15 is 0 Å². The normalized spacial score (nSPS) is 11.2. The Morgan fingerprint density at radius 3 is 2.88 bits per heavy atom. The zero-order chi connectivity index (χ0) is 11.6. The van der Waals surface area contributed by atoms with Gasteiger partial charge in [-0.3, -0.25) is 9.58 Å². The molecular weight excluding hydrogens is 204 g/mol. The van der Waals surface area contributed by atoms with E-state index in [2.05, 4.69) is 10.00 Å². The first-order chi connectivity index (χ1) is 7.86. The van der Waals surface area contributed by atoms with Crippen LogP contribution in [-0.4, -0.2) is 54.6 Å². The zero-order valence-electron chi connectivity index (χ0n) is 10.0. The van der Waals surface area contributed by atoms with E-state index in [1.165, 1.54) is 0 Å². The minimum absolute atomic E-state index is 0.741. The number of hydrogen-bond acceptors (Lipinski definition) is 4. The molecule has 0 saturated carbocycles. The second-order valence-corrected chi connectivity index (χ2v) is 3.75. The fraction of sp³-hybridized carbons (Fsp3) is 0.727. The second-order valence-electron chi connectivity index (χ2n) is 3.75. The molecule has 1 aromatic rings. The van der Waals surface area contributed by atoms with Gasteiger partial charge in [0.2, 0.25) is 0 Å². The number of aromatic nitrogens is 2. The van der Waals surface area contributed by atoms with Gasteiger partial charge in [-0.15, -0.1) is 0 Å². The Kier molecular flexibility index (Phi) is 6.80. The van der Waals surface area contributed by atoms with Gasteiger partial charge in [0.1, 0.15) is 0 Å². The molecule has 1 aromatic heterocycles. The molecule has 0 radical (unpaired) electrons.